The molecule has 1 aliphatic carbocycles. The van der Waals surface area contributed by atoms with Crippen molar-refractivity contribution < 1.29 is 9.53 Å². The van der Waals surface area contributed by atoms with E-state index in [1.54, 1.807) is 11.3 Å². The van der Waals surface area contributed by atoms with Gasteiger partial charge in [0.2, 0.25) is 5.91 Å². The molecule has 0 radical (unpaired) electrons. The molecule has 1 amide bonds. The number of hydrogen-bond donors (Lipinski definition) is 2. The third kappa shape index (κ3) is 2.71. The van der Waals surface area contributed by atoms with E-state index in [0.29, 0.717) is 13.0 Å². The van der Waals surface area contributed by atoms with Gasteiger partial charge < -0.3 is 15.4 Å². The van der Waals surface area contributed by atoms with Crippen molar-refractivity contribution >= 4 is 22.4 Å². The number of nitrogens with one attached hydrogen (secondary N) is 2. The van der Waals surface area contributed by atoms with Gasteiger partial charge in [-0.2, -0.15) is 0 Å². The first-order chi connectivity index (χ1) is 8.81. The molecule has 1 fully saturated rings. The van der Waals surface area contributed by atoms with Crippen molar-refractivity contribution in [2.45, 2.75) is 31.8 Å². The van der Waals surface area contributed by atoms with Crippen LogP contribution in [0.5, 0.6) is 0 Å². The number of rotatable bonds is 3. The Morgan fingerprint density at radius 3 is 3.28 bits per heavy atom. The Labute approximate surface area is 110 Å². The number of carbonyl (C=O) groups excluding carboxylic acids is 1. The number of fused-ring (bicyclic) bond motifs is 1. The molecule has 0 aromatic carbocycles. The first-order valence-electron chi connectivity index (χ1n) is 6.42. The molecule has 6 heteroatoms. The molecule has 1 atom stereocenters. The molecule has 1 unspecified atom stereocenters. The smallest absolute Gasteiger partial charge is 0.228 e. The topological polar surface area (TPSA) is 63.2 Å². The fourth-order valence-electron chi connectivity index (χ4n) is 2.37. The fraction of sp³-hybridized carbons (Fsp3) is 0.667. The zero-order chi connectivity index (χ0) is 12.4. The maximum absolute atomic E-state index is 11.9. The predicted molar refractivity (Wildman–Crippen MR) is 70.0 cm³/mol. The normalized spacial score (nSPS) is 22.8. The van der Waals surface area contributed by atoms with E-state index in [2.05, 4.69) is 15.6 Å². The van der Waals surface area contributed by atoms with E-state index < -0.39 is 0 Å². The highest BCUT2D eigenvalue weighted by atomic mass is 32.1. The van der Waals surface area contributed by atoms with E-state index in [0.717, 1.165) is 31.1 Å². The molecule has 5 nitrogen and oxygen atoms in total. The molecular weight excluding hydrogens is 250 g/mol. The van der Waals surface area contributed by atoms with Gasteiger partial charge in [-0.1, -0.05) is 0 Å². The molecule has 1 aliphatic heterocycles. The van der Waals surface area contributed by atoms with Gasteiger partial charge in [-0.3, -0.25) is 4.79 Å². The third-order valence-corrected chi connectivity index (χ3v) is 4.33. The lowest BCUT2D eigenvalue weighted by Crippen LogP contribution is -2.40. The van der Waals surface area contributed by atoms with Crippen molar-refractivity contribution in [2.75, 3.05) is 25.0 Å². The highest BCUT2D eigenvalue weighted by Crippen LogP contribution is 2.30. The van der Waals surface area contributed by atoms with Crippen LogP contribution in [0.25, 0.3) is 0 Å². The van der Waals surface area contributed by atoms with Crippen LogP contribution in [0.4, 0.5) is 5.13 Å². The van der Waals surface area contributed by atoms with Crippen molar-refractivity contribution in [3.05, 3.63) is 10.6 Å². The van der Waals surface area contributed by atoms with Gasteiger partial charge in [0.05, 0.1) is 24.8 Å². The van der Waals surface area contributed by atoms with Crippen LogP contribution in [0.3, 0.4) is 0 Å². The van der Waals surface area contributed by atoms with E-state index in [1.807, 2.05) is 0 Å². The molecule has 2 N–H and O–H groups in total. The van der Waals surface area contributed by atoms with Gasteiger partial charge in [0.15, 0.2) is 5.13 Å². The maximum Gasteiger partial charge on any atom is 0.228 e. The monoisotopic (exact) mass is 267 g/mol. The van der Waals surface area contributed by atoms with E-state index in [9.17, 15) is 4.79 Å². The van der Waals surface area contributed by atoms with Gasteiger partial charge in [-0.05, 0) is 19.3 Å². The molecule has 98 valence electrons. The van der Waals surface area contributed by atoms with Crippen LogP contribution in [0.1, 0.15) is 23.4 Å². The van der Waals surface area contributed by atoms with Gasteiger partial charge in [0.1, 0.15) is 0 Å². The Kier molecular flexibility index (Phi) is 3.58. The van der Waals surface area contributed by atoms with Crippen LogP contribution >= 0.6 is 11.3 Å². The number of carbonyl (C=O) groups is 1. The summed E-state index contributed by atoms with van der Waals surface area (Å²) in [6, 6.07) is 0. The summed E-state index contributed by atoms with van der Waals surface area (Å²) in [6.45, 7) is 2.31. The summed E-state index contributed by atoms with van der Waals surface area (Å²) in [5.74, 6) is -0.00359. The number of ether oxygens (including phenoxy) is 1. The Morgan fingerprint density at radius 1 is 1.56 bits per heavy atom. The average Bonchev–Trinajstić information content (AvgIpc) is 2.90. The number of nitrogens with zero attached hydrogens (tertiary/aromatic N) is 1. The highest BCUT2D eigenvalue weighted by molar-refractivity contribution is 7.15. The SMILES string of the molecule is O=C(CC1CNCCO1)Nc1nc2c(s1)CCC2. The minimum Gasteiger partial charge on any atom is -0.375 e. The molecule has 18 heavy (non-hydrogen) atoms. The van der Waals surface area contributed by atoms with Crippen LogP contribution in [-0.4, -0.2) is 36.7 Å². The van der Waals surface area contributed by atoms with Crippen LogP contribution in [0.15, 0.2) is 0 Å². The summed E-state index contributed by atoms with van der Waals surface area (Å²) < 4.78 is 5.51. The molecule has 0 spiro atoms. The molecule has 3 rings (SSSR count). The van der Waals surface area contributed by atoms with Crippen LogP contribution in [0, 0.1) is 0 Å². The molecule has 1 aromatic heterocycles. The fourth-order valence-corrected chi connectivity index (χ4v) is 3.44. The standard InChI is InChI=1S/C12H17N3O2S/c16-11(6-8-7-13-4-5-17-8)15-12-14-9-2-1-3-10(9)18-12/h8,13H,1-7H2,(H,14,15,16). The molecule has 1 saturated heterocycles. The van der Waals surface area contributed by atoms with E-state index in [4.69, 9.17) is 4.74 Å². The summed E-state index contributed by atoms with van der Waals surface area (Å²) in [4.78, 5) is 17.6. The van der Waals surface area contributed by atoms with Gasteiger partial charge in [-0.15, -0.1) is 11.3 Å². The van der Waals surface area contributed by atoms with Crippen molar-refractivity contribution in [3.63, 3.8) is 0 Å². The van der Waals surface area contributed by atoms with Gasteiger partial charge in [0, 0.05) is 18.0 Å². The highest BCUT2D eigenvalue weighted by Gasteiger charge is 2.20. The molecule has 1 aromatic rings. The van der Waals surface area contributed by atoms with E-state index >= 15 is 0 Å². The van der Waals surface area contributed by atoms with Gasteiger partial charge >= 0.3 is 0 Å². The first-order valence-corrected chi connectivity index (χ1v) is 7.23. The molecule has 2 aliphatic rings. The van der Waals surface area contributed by atoms with Crippen molar-refractivity contribution in [3.8, 4) is 0 Å². The number of hydrogen-bond acceptors (Lipinski definition) is 5. The zero-order valence-corrected chi connectivity index (χ0v) is 11.0. The predicted octanol–water partition coefficient (Wildman–Crippen LogP) is 0.949. The minimum absolute atomic E-state index is 0.00359. The van der Waals surface area contributed by atoms with Crippen molar-refractivity contribution in [2.24, 2.45) is 0 Å². The van der Waals surface area contributed by atoms with Crippen LogP contribution in [0.2, 0.25) is 0 Å². The molecule has 0 saturated carbocycles. The zero-order valence-electron chi connectivity index (χ0n) is 10.2. The Hall–Kier alpha value is -0.980. The van der Waals surface area contributed by atoms with Crippen LogP contribution in [-0.2, 0) is 22.4 Å². The van der Waals surface area contributed by atoms with Crippen LogP contribution < -0.4 is 10.6 Å². The second-order valence-electron chi connectivity index (χ2n) is 4.69. The third-order valence-electron chi connectivity index (χ3n) is 3.26. The lowest BCUT2D eigenvalue weighted by molar-refractivity contribution is -0.119. The van der Waals surface area contributed by atoms with Gasteiger partial charge in [-0.25, -0.2) is 4.98 Å². The maximum atomic E-state index is 11.9. The lowest BCUT2D eigenvalue weighted by atomic mass is 10.2. The largest absolute Gasteiger partial charge is 0.375 e. The van der Waals surface area contributed by atoms with Crippen molar-refractivity contribution in [1.82, 2.24) is 10.3 Å². The number of thiazole rings is 1. The van der Waals surface area contributed by atoms with Gasteiger partial charge in [0.25, 0.3) is 0 Å². The summed E-state index contributed by atoms with van der Waals surface area (Å²) in [7, 11) is 0. The summed E-state index contributed by atoms with van der Waals surface area (Å²) >= 11 is 1.61. The summed E-state index contributed by atoms with van der Waals surface area (Å²) in [5.41, 5.74) is 1.17. The van der Waals surface area contributed by atoms with E-state index in [-0.39, 0.29) is 12.0 Å². The van der Waals surface area contributed by atoms with Crippen molar-refractivity contribution in [1.29, 1.82) is 0 Å². The summed E-state index contributed by atoms with van der Waals surface area (Å²) in [5, 5.41) is 6.84. The molecular formula is C12H17N3O2S. The average molecular weight is 267 g/mol. The minimum atomic E-state index is -0.00874. The lowest BCUT2D eigenvalue weighted by Gasteiger charge is -2.22. The second-order valence-corrected chi connectivity index (χ2v) is 5.78. The number of aromatic nitrogens is 1. The molecule has 0 bridgehead atoms. The Balaban J connectivity index is 1.53. The number of anilines is 1. The van der Waals surface area contributed by atoms with E-state index in [1.165, 1.54) is 17.0 Å². The number of morpholine rings is 1. The molecule has 2 heterocycles. The number of amides is 1. The number of aryl methyl sites for hydroxylation is 2. The quantitative estimate of drug-likeness (QED) is 0.856. The Morgan fingerprint density at radius 2 is 2.50 bits per heavy atom. The first kappa shape index (κ1) is 12.1. The second kappa shape index (κ2) is 5.34. The Bertz CT molecular complexity index is 419. The summed E-state index contributed by atoms with van der Waals surface area (Å²) in [6.07, 6.45) is 3.75.